The number of Topliss-reactive ketones (excluding diaryl/α,β-unsaturated/α-hetero) is 1. The van der Waals surface area contributed by atoms with Crippen LogP contribution in [0.2, 0.25) is 0 Å². The smallest absolute Gasteiger partial charge is 0.284 e. The van der Waals surface area contributed by atoms with E-state index in [9.17, 15) is 4.79 Å². The van der Waals surface area contributed by atoms with E-state index in [1.165, 1.54) is 0 Å². The van der Waals surface area contributed by atoms with Crippen molar-refractivity contribution in [2.24, 2.45) is 7.05 Å². The number of carbonyl (C=O) groups excluding carboxylic acids is 1. The van der Waals surface area contributed by atoms with Crippen molar-refractivity contribution in [2.75, 3.05) is 11.9 Å². The Hall–Kier alpha value is -4.08. The van der Waals surface area contributed by atoms with Gasteiger partial charge in [0, 0.05) is 36.8 Å². The number of hydrogen-bond acceptors (Lipinski definition) is 9. The van der Waals surface area contributed by atoms with Gasteiger partial charge in [-0.1, -0.05) is 32.9 Å². The highest BCUT2D eigenvalue weighted by molar-refractivity contribution is 5.92. The SMILES string of the molecule is Cn1cc(Nc2nccc(-c3ccc4c(c3)OCCCC4CC(=O)c3nnc(C(C)(C)C)o3)n2)cn1. The molecule has 1 aliphatic heterocycles. The van der Waals surface area contributed by atoms with Crippen LogP contribution in [0, 0.1) is 0 Å². The first-order chi connectivity index (χ1) is 17.3. The first-order valence-electron chi connectivity index (χ1n) is 12.0. The van der Waals surface area contributed by atoms with Crippen LogP contribution in [0.3, 0.4) is 0 Å². The van der Waals surface area contributed by atoms with Crippen molar-refractivity contribution in [1.29, 1.82) is 0 Å². The van der Waals surface area contributed by atoms with Crippen LogP contribution in [0.1, 0.15) is 68.1 Å². The molecule has 36 heavy (non-hydrogen) atoms. The molecule has 1 atom stereocenters. The Morgan fingerprint density at radius 1 is 1.22 bits per heavy atom. The minimum absolute atomic E-state index is 0.00208. The molecule has 0 amide bonds. The zero-order valence-corrected chi connectivity index (χ0v) is 20.9. The van der Waals surface area contributed by atoms with E-state index in [4.69, 9.17) is 9.15 Å². The Labute approximate surface area is 209 Å². The largest absolute Gasteiger partial charge is 0.493 e. The fraction of sp³-hybridized carbons (Fsp3) is 0.385. The second-order valence-electron chi connectivity index (χ2n) is 10.0. The number of benzene rings is 1. The molecule has 0 fully saturated rings. The Morgan fingerprint density at radius 2 is 2.08 bits per heavy atom. The summed E-state index contributed by atoms with van der Waals surface area (Å²) >= 11 is 0. The molecule has 3 aromatic heterocycles. The second-order valence-corrected chi connectivity index (χ2v) is 10.0. The molecule has 10 nitrogen and oxygen atoms in total. The quantitative estimate of drug-likeness (QED) is 0.381. The Kier molecular flexibility index (Phi) is 6.26. The molecule has 0 aliphatic carbocycles. The molecule has 10 heteroatoms. The maximum atomic E-state index is 13.0. The van der Waals surface area contributed by atoms with Crippen LogP contribution < -0.4 is 10.1 Å². The summed E-state index contributed by atoms with van der Waals surface area (Å²) in [6.07, 6.45) is 7.26. The molecule has 0 bridgehead atoms. The van der Waals surface area contributed by atoms with Crippen molar-refractivity contribution in [3.05, 3.63) is 60.2 Å². The van der Waals surface area contributed by atoms with Gasteiger partial charge in [0.05, 0.1) is 24.2 Å². The third kappa shape index (κ3) is 5.12. The zero-order valence-electron chi connectivity index (χ0n) is 20.9. The van der Waals surface area contributed by atoms with Crippen LogP contribution >= 0.6 is 0 Å². The summed E-state index contributed by atoms with van der Waals surface area (Å²) < 4.78 is 13.5. The molecule has 0 spiro atoms. The summed E-state index contributed by atoms with van der Waals surface area (Å²) in [5.74, 6) is 1.63. The topological polar surface area (TPSA) is 121 Å². The third-order valence-electron chi connectivity index (χ3n) is 6.06. The molecule has 5 rings (SSSR count). The van der Waals surface area contributed by atoms with Gasteiger partial charge in [-0.2, -0.15) is 5.10 Å². The fourth-order valence-corrected chi connectivity index (χ4v) is 4.18. The molecule has 1 N–H and O–H groups in total. The van der Waals surface area contributed by atoms with Gasteiger partial charge < -0.3 is 14.5 Å². The number of carbonyl (C=O) groups is 1. The van der Waals surface area contributed by atoms with Gasteiger partial charge >= 0.3 is 0 Å². The lowest BCUT2D eigenvalue weighted by Gasteiger charge is -2.16. The number of aryl methyl sites for hydroxylation is 1. The van der Waals surface area contributed by atoms with Gasteiger partial charge in [-0.05, 0) is 36.5 Å². The number of anilines is 2. The van der Waals surface area contributed by atoms with Gasteiger partial charge in [-0.3, -0.25) is 9.48 Å². The third-order valence-corrected chi connectivity index (χ3v) is 6.06. The number of fused-ring (bicyclic) bond motifs is 1. The Bertz CT molecular complexity index is 1390. The van der Waals surface area contributed by atoms with E-state index in [1.807, 2.05) is 58.3 Å². The maximum Gasteiger partial charge on any atom is 0.284 e. The summed E-state index contributed by atoms with van der Waals surface area (Å²) in [4.78, 5) is 22.0. The summed E-state index contributed by atoms with van der Waals surface area (Å²) in [5, 5.41) is 15.4. The highest BCUT2D eigenvalue weighted by Gasteiger charge is 2.28. The van der Waals surface area contributed by atoms with Crippen LogP contribution in [-0.4, -0.2) is 42.3 Å². The first-order valence-corrected chi connectivity index (χ1v) is 12.0. The first kappa shape index (κ1) is 23.7. The summed E-state index contributed by atoms with van der Waals surface area (Å²) in [6.45, 7) is 6.51. The molecule has 1 aromatic carbocycles. The van der Waals surface area contributed by atoms with E-state index >= 15 is 0 Å². The molecular formula is C26H29N7O3. The van der Waals surface area contributed by atoms with Crippen molar-refractivity contribution in [1.82, 2.24) is 29.9 Å². The van der Waals surface area contributed by atoms with Crippen LogP contribution in [0.5, 0.6) is 5.75 Å². The molecule has 4 aromatic rings. The van der Waals surface area contributed by atoms with Crippen molar-refractivity contribution in [3.8, 4) is 17.0 Å². The minimum Gasteiger partial charge on any atom is -0.493 e. The maximum absolute atomic E-state index is 13.0. The van der Waals surface area contributed by atoms with E-state index in [0.717, 1.165) is 41.1 Å². The molecular weight excluding hydrogens is 458 g/mol. The standard InChI is InChI=1S/C26H29N7O3/c1-26(2,3)24-32-31-23(36-24)21(34)12-16-6-5-11-35-22-13-17(7-8-19(16)22)20-9-10-27-25(30-20)29-18-14-28-33(4)15-18/h7-10,13-16H,5-6,11-12H2,1-4H3,(H,27,29,30). The molecule has 0 saturated heterocycles. The minimum atomic E-state index is -0.306. The van der Waals surface area contributed by atoms with Gasteiger partial charge in [0.25, 0.3) is 5.89 Å². The van der Waals surface area contributed by atoms with Crippen LogP contribution in [0.15, 0.2) is 47.3 Å². The molecule has 186 valence electrons. The van der Waals surface area contributed by atoms with Gasteiger partial charge in [-0.15, -0.1) is 10.2 Å². The van der Waals surface area contributed by atoms with E-state index in [2.05, 4.69) is 30.6 Å². The highest BCUT2D eigenvalue weighted by Crippen LogP contribution is 2.38. The number of rotatable bonds is 6. The van der Waals surface area contributed by atoms with E-state index in [1.54, 1.807) is 17.1 Å². The van der Waals surface area contributed by atoms with E-state index in [-0.39, 0.29) is 29.4 Å². The van der Waals surface area contributed by atoms with Gasteiger partial charge in [-0.25, -0.2) is 9.97 Å². The van der Waals surface area contributed by atoms with Crippen LogP contribution in [0.4, 0.5) is 11.6 Å². The Morgan fingerprint density at radius 3 is 2.83 bits per heavy atom. The van der Waals surface area contributed by atoms with Crippen LogP contribution in [-0.2, 0) is 12.5 Å². The van der Waals surface area contributed by atoms with Gasteiger partial charge in [0.1, 0.15) is 5.75 Å². The lowest BCUT2D eigenvalue weighted by atomic mass is 9.88. The van der Waals surface area contributed by atoms with Crippen LogP contribution in [0.25, 0.3) is 11.3 Å². The van der Waals surface area contributed by atoms with Crippen molar-refractivity contribution in [3.63, 3.8) is 0 Å². The molecule has 1 aliphatic rings. The lowest BCUT2D eigenvalue weighted by Crippen LogP contribution is -2.11. The predicted molar refractivity (Wildman–Crippen MR) is 133 cm³/mol. The van der Waals surface area contributed by atoms with E-state index in [0.29, 0.717) is 18.4 Å². The summed E-state index contributed by atoms with van der Waals surface area (Å²) in [6, 6.07) is 7.87. The summed E-state index contributed by atoms with van der Waals surface area (Å²) in [7, 11) is 1.85. The normalized spacial score (nSPS) is 15.6. The van der Waals surface area contributed by atoms with Gasteiger partial charge in [0.15, 0.2) is 0 Å². The number of hydrogen-bond donors (Lipinski definition) is 1. The second kappa shape index (κ2) is 9.52. The molecule has 0 radical (unpaired) electrons. The number of nitrogens with zero attached hydrogens (tertiary/aromatic N) is 6. The predicted octanol–water partition coefficient (Wildman–Crippen LogP) is 4.83. The monoisotopic (exact) mass is 487 g/mol. The number of nitrogens with one attached hydrogen (secondary N) is 1. The number of aromatic nitrogens is 6. The molecule has 4 heterocycles. The number of ether oxygens (including phenoxy) is 1. The van der Waals surface area contributed by atoms with Crippen molar-refractivity contribution < 1.29 is 13.9 Å². The average Bonchev–Trinajstić information content (AvgIpc) is 3.46. The highest BCUT2D eigenvalue weighted by atomic mass is 16.5. The van der Waals surface area contributed by atoms with E-state index < -0.39 is 0 Å². The lowest BCUT2D eigenvalue weighted by molar-refractivity contribution is 0.0935. The average molecular weight is 488 g/mol. The molecule has 0 saturated carbocycles. The molecule has 1 unspecified atom stereocenters. The van der Waals surface area contributed by atoms with Gasteiger partial charge in [0.2, 0.25) is 17.6 Å². The van der Waals surface area contributed by atoms with Crippen molar-refractivity contribution in [2.45, 2.75) is 51.4 Å². The number of ketones is 1. The fourth-order valence-electron chi connectivity index (χ4n) is 4.18. The summed E-state index contributed by atoms with van der Waals surface area (Å²) in [5.41, 5.74) is 3.18. The van der Waals surface area contributed by atoms with Crippen molar-refractivity contribution >= 4 is 17.4 Å². The zero-order chi connectivity index (χ0) is 25.3. The Balaban J connectivity index is 1.36.